The molecule has 1 heterocycles. The van der Waals surface area contributed by atoms with Crippen LogP contribution in [0.3, 0.4) is 0 Å². The summed E-state index contributed by atoms with van der Waals surface area (Å²) < 4.78 is 5.07. The number of rotatable bonds is 3. The minimum Gasteiger partial charge on any atom is -0.497 e. The molecule has 108 valence electrons. The van der Waals surface area contributed by atoms with E-state index in [-0.39, 0.29) is 16.2 Å². The summed E-state index contributed by atoms with van der Waals surface area (Å²) in [4.78, 5) is 16.0. The minimum atomic E-state index is -0.341. The molecule has 0 aliphatic heterocycles. The molecule has 0 saturated carbocycles. The lowest BCUT2D eigenvalue weighted by Gasteiger charge is -2.10. The third-order valence-electron chi connectivity index (χ3n) is 2.57. The maximum absolute atomic E-state index is 12.1. The van der Waals surface area contributed by atoms with Crippen molar-refractivity contribution in [1.29, 1.82) is 0 Å². The van der Waals surface area contributed by atoms with Gasteiger partial charge >= 0.3 is 0 Å². The Morgan fingerprint density at radius 2 is 2.14 bits per heavy atom. The van der Waals surface area contributed by atoms with Crippen LogP contribution in [0.2, 0.25) is 5.15 Å². The van der Waals surface area contributed by atoms with Crippen molar-refractivity contribution in [2.45, 2.75) is 0 Å². The summed E-state index contributed by atoms with van der Waals surface area (Å²) in [6.45, 7) is 0. The highest BCUT2D eigenvalue weighted by atomic mass is 35.5. The molecule has 5 nitrogen and oxygen atoms in total. The number of amides is 1. The van der Waals surface area contributed by atoms with E-state index in [4.69, 9.17) is 28.6 Å². The maximum atomic E-state index is 12.1. The summed E-state index contributed by atoms with van der Waals surface area (Å²) in [6.07, 6.45) is 1.56. The molecule has 0 saturated heterocycles. The highest BCUT2D eigenvalue weighted by molar-refractivity contribution is 7.80. The molecule has 2 rings (SSSR count). The van der Waals surface area contributed by atoms with Crippen molar-refractivity contribution in [3.63, 3.8) is 0 Å². The number of hydrogen-bond acceptors (Lipinski definition) is 4. The van der Waals surface area contributed by atoms with Gasteiger partial charge in [0, 0.05) is 11.8 Å². The summed E-state index contributed by atoms with van der Waals surface area (Å²) in [7, 11) is 1.54. The van der Waals surface area contributed by atoms with E-state index in [0.29, 0.717) is 17.0 Å². The van der Waals surface area contributed by atoms with E-state index in [1.54, 1.807) is 42.6 Å². The van der Waals surface area contributed by atoms with Crippen LogP contribution in [0.5, 0.6) is 5.75 Å². The molecule has 2 N–H and O–H groups in total. The monoisotopic (exact) mass is 321 g/mol. The lowest BCUT2D eigenvalue weighted by Crippen LogP contribution is -2.34. The third kappa shape index (κ3) is 4.14. The summed E-state index contributed by atoms with van der Waals surface area (Å²) in [5.74, 6) is 0.253. The first-order valence-corrected chi connectivity index (χ1v) is 6.75. The van der Waals surface area contributed by atoms with E-state index < -0.39 is 0 Å². The van der Waals surface area contributed by atoms with Gasteiger partial charge in [-0.05, 0) is 42.5 Å². The van der Waals surface area contributed by atoms with Crippen LogP contribution in [-0.4, -0.2) is 23.1 Å². The molecule has 0 aliphatic carbocycles. The number of nitrogens with zero attached hydrogens (tertiary/aromatic N) is 1. The van der Waals surface area contributed by atoms with Crippen LogP contribution in [-0.2, 0) is 0 Å². The summed E-state index contributed by atoms with van der Waals surface area (Å²) in [5.41, 5.74) is 0.964. The molecule has 0 fully saturated rings. The van der Waals surface area contributed by atoms with Crippen LogP contribution in [0.15, 0.2) is 42.6 Å². The number of nitrogens with one attached hydrogen (secondary N) is 2. The number of aromatic nitrogens is 1. The van der Waals surface area contributed by atoms with Gasteiger partial charge in [0.15, 0.2) is 10.3 Å². The highest BCUT2D eigenvalue weighted by Crippen LogP contribution is 2.17. The topological polar surface area (TPSA) is 63.2 Å². The molecule has 0 unspecified atom stereocenters. The van der Waals surface area contributed by atoms with Gasteiger partial charge in [-0.3, -0.25) is 10.1 Å². The first-order valence-electron chi connectivity index (χ1n) is 5.97. The molecule has 0 bridgehead atoms. The van der Waals surface area contributed by atoms with Crippen molar-refractivity contribution >= 4 is 40.5 Å². The Hall–Kier alpha value is -2.18. The normalized spacial score (nSPS) is 9.81. The number of methoxy groups -OCH3 is 1. The van der Waals surface area contributed by atoms with Crippen LogP contribution in [0, 0.1) is 0 Å². The molecular formula is C14H12ClN3O2S. The SMILES string of the molecule is COc1cccc(C(=O)NC(=S)Nc2cccnc2Cl)c1. The van der Waals surface area contributed by atoms with Crippen molar-refractivity contribution in [1.82, 2.24) is 10.3 Å². The summed E-state index contributed by atoms with van der Waals surface area (Å²) >= 11 is 11.0. The van der Waals surface area contributed by atoms with E-state index in [0.717, 1.165) is 0 Å². The standard InChI is InChI=1S/C14H12ClN3O2S/c1-20-10-5-2-4-9(8-10)13(19)18-14(21)17-11-6-3-7-16-12(11)15/h2-8H,1H3,(H2,17,18,19,21). The van der Waals surface area contributed by atoms with E-state index in [1.165, 1.54) is 7.11 Å². The average Bonchev–Trinajstić information content (AvgIpc) is 2.49. The van der Waals surface area contributed by atoms with Crippen molar-refractivity contribution in [2.24, 2.45) is 0 Å². The Labute approximate surface area is 132 Å². The minimum absolute atomic E-state index is 0.137. The second-order valence-electron chi connectivity index (χ2n) is 3.98. The van der Waals surface area contributed by atoms with Gasteiger partial charge in [-0.25, -0.2) is 4.98 Å². The van der Waals surface area contributed by atoms with E-state index in [2.05, 4.69) is 15.6 Å². The largest absolute Gasteiger partial charge is 0.497 e. The fourth-order valence-corrected chi connectivity index (χ4v) is 1.94. The Kier molecular flexibility index (Phi) is 5.08. The molecule has 7 heteroatoms. The fourth-order valence-electron chi connectivity index (χ4n) is 1.57. The lowest BCUT2D eigenvalue weighted by atomic mass is 10.2. The molecule has 0 radical (unpaired) electrons. The number of carbonyl (C=O) groups excluding carboxylic acids is 1. The first kappa shape index (κ1) is 15.2. The molecule has 2 aromatic rings. The van der Waals surface area contributed by atoms with Crippen molar-refractivity contribution in [3.8, 4) is 5.75 Å². The van der Waals surface area contributed by atoms with Gasteiger partial charge in [0.1, 0.15) is 5.75 Å². The van der Waals surface area contributed by atoms with Crippen molar-refractivity contribution < 1.29 is 9.53 Å². The molecule has 0 atom stereocenters. The van der Waals surface area contributed by atoms with Gasteiger partial charge in [-0.1, -0.05) is 17.7 Å². The molecular weight excluding hydrogens is 310 g/mol. The Morgan fingerprint density at radius 1 is 1.33 bits per heavy atom. The molecule has 1 aromatic carbocycles. The molecule has 21 heavy (non-hydrogen) atoms. The predicted octanol–water partition coefficient (Wildman–Crippen LogP) is 2.87. The molecule has 1 aromatic heterocycles. The van der Waals surface area contributed by atoms with E-state index in [1.807, 2.05) is 0 Å². The zero-order chi connectivity index (χ0) is 15.2. The highest BCUT2D eigenvalue weighted by Gasteiger charge is 2.10. The number of halogens is 1. The van der Waals surface area contributed by atoms with Crippen molar-refractivity contribution in [2.75, 3.05) is 12.4 Å². The average molecular weight is 322 g/mol. The molecule has 0 aliphatic rings. The van der Waals surface area contributed by atoms with Gasteiger partial charge in [0.05, 0.1) is 12.8 Å². The van der Waals surface area contributed by atoms with Gasteiger partial charge in [-0.15, -0.1) is 0 Å². The van der Waals surface area contributed by atoms with Gasteiger partial charge in [-0.2, -0.15) is 0 Å². The van der Waals surface area contributed by atoms with Crippen LogP contribution in [0.4, 0.5) is 5.69 Å². The number of hydrogen-bond donors (Lipinski definition) is 2. The molecule has 1 amide bonds. The van der Waals surface area contributed by atoms with Crippen LogP contribution < -0.4 is 15.4 Å². The number of anilines is 1. The van der Waals surface area contributed by atoms with E-state index in [9.17, 15) is 4.79 Å². The zero-order valence-corrected chi connectivity index (χ0v) is 12.7. The number of pyridine rings is 1. The Bertz CT molecular complexity index is 679. The number of carbonyl (C=O) groups is 1. The van der Waals surface area contributed by atoms with Crippen LogP contribution in [0.25, 0.3) is 0 Å². The lowest BCUT2D eigenvalue weighted by molar-refractivity contribution is 0.0977. The number of benzene rings is 1. The third-order valence-corrected chi connectivity index (χ3v) is 3.07. The first-order chi connectivity index (χ1) is 10.1. The summed E-state index contributed by atoms with van der Waals surface area (Å²) in [6, 6.07) is 10.2. The zero-order valence-electron chi connectivity index (χ0n) is 11.1. The number of thiocarbonyl (C=S) groups is 1. The van der Waals surface area contributed by atoms with Gasteiger partial charge < -0.3 is 10.1 Å². The predicted molar refractivity (Wildman–Crippen MR) is 85.9 cm³/mol. The fraction of sp³-hybridized carbons (Fsp3) is 0.0714. The smallest absolute Gasteiger partial charge is 0.257 e. The summed E-state index contributed by atoms with van der Waals surface area (Å²) in [5, 5.41) is 5.79. The van der Waals surface area contributed by atoms with Gasteiger partial charge in [0.2, 0.25) is 0 Å². The maximum Gasteiger partial charge on any atom is 0.257 e. The number of ether oxygens (including phenoxy) is 1. The molecule has 0 spiro atoms. The Morgan fingerprint density at radius 3 is 2.86 bits per heavy atom. The van der Waals surface area contributed by atoms with E-state index >= 15 is 0 Å². The van der Waals surface area contributed by atoms with Gasteiger partial charge in [0.25, 0.3) is 5.91 Å². The second-order valence-corrected chi connectivity index (χ2v) is 4.75. The Balaban J connectivity index is 2.02. The quantitative estimate of drug-likeness (QED) is 0.672. The van der Waals surface area contributed by atoms with Crippen molar-refractivity contribution in [3.05, 3.63) is 53.3 Å². The van der Waals surface area contributed by atoms with Crippen LogP contribution in [0.1, 0.15) is 10.4 Å². The second kappa shape index (κ2) is 7.01. The van der Waals surface area contributed by atoms with Crippen LogP contribution >= 0.6 is 23.8 Å².